The molecule has 5 nitrogen and oxygen atoms in total. The van der Waals surface area contributed by atoms with Crippen molar-refractivity contribution >= 4 is 5.91 Å². The smallest absolute Gasteiger partial charge is 0.224 e. The first kappa shape index (κ1) is 17.7. The maximum Gasteiger partial charge on any atom is 0.224 e. The Labute approximate surface area is 149 Å². The van der Waals surface area contributed by atoms with Crippen molar-refractivity contribution in [2.24, 2.45) is 0 Å². The molecule has 0 radical (unpaired) electrons. The molecule has 0 saturated heterocycles. The Hall–Kier alpha value is -2.14. The summed E-state index contributed by atoms with van der Waals surface area (Å²) in [6.45, 7) is 1.42. The van der Waals surface area contributed by atoms with E-state index in [-0.39, 0.29) is 5.91 Å². The fraction of sp³-hybridized carbons (Fsp3) is 0.500. The number of carbonyl (C=O) groups excluding carboxylic acids is 1. The van der Waals surface area contributed by atoms with Gasteiger partial charge in [-0.25, -0.2) is 4.68 Å². The quantitative estimate of drug-likeness (QED) is 0.750. The molecule has 1 saturated carbocycles. The highest BCUT2D eigenvalue weighted by atomic mass is 16.5. The van der Waals surface area contributed by atoms with Gasteiger partial charge in [0.15, 0.2) is 0 Å². The number of rotatable bonds is 8. The molecule has 25 heavy (non-hydrogen) atoms. The Bertz CT molecular complexity index is 631. The lowest BCUT2D eigenvalue weighted by molar-refractivity contribution is -0.120. The van der Waals surface area contributed by atoms with Gasteiger partial charge in [-0.05, 0) is 43.0 Å². The minimum Gasteiger partial charge on any atom is -0.378 e. The summed E-state index contributed by atoms with van der Waals surface area (Å²) < 4.78 is 7.67. The molecule has 0 aliphatic heterocycles. The Kier molecular flexibility index (Phi) is 6.63. The molecule has 0 unspecified atom stereocenters. The fourth-order valence-corrected chi connectivity index (χ4v) is 3.22. The number of ether oxygens (including phenoxy) is 1. The molecule has 134 valence electrons. The molecule has 0 bridgehead atoms. The monoisotopic (exact) mass is 341 g/mol. The summed E-state index contributed by atoms with van der Waals surface area (Å²) in [7, 11) is 0. The number of nitrogens with zero attached hydrogens (tertiary/aromatic N) is 2. The predicted octanol–water partition coefficient (Wildman–Crippen LogP) is 3.27. The molecule has 3 rings (SSSR count). The number of amides is 1. The summed E-state index contributed by atoms with van der Waals surface area (Å²) in [5, 5.41) is 7.17. The van der Waals surface area contributed by atoms with Crippen molar-refractivity contribution in [3.63, 3.8) is 0 Å². The van der Waals surface area contributed by atoms with Gasteiger partial charge in [0.2, 0.25) is 5.91 Å². The van der Waals surface area contributed by atoms with Gasteiger partial charge in [-0.2, -0.15) is 5.10 Å². The number of hydrogen-bond donors (Lipinski definition) is 1. The highest BCUT2D eigenvalue weighted by Crippen LogP contribution is 2.20. The van der Waals surface area contributed by atoms with Crippen LogP contribution in [-0.2, 0) is 16.0 Å². The van der Waals surface area contributed by atoms with E-state index in [0.29, 0.717) is 19.1 Å². The van der Waals surface area contributed by atoms with Crippen molar-refractivity contribution in [3.8, 4) is 5.69 Å². The normalized spacial score (nSPS) is 15.2. The van der Waals surface area contributed by atoms with Crippen LogP contribution in [0.1, 0.15) is 44.1 Å². The van der Waals surface area contributed by atoms with Crippen LogP contribution in [0.25, 0.3) is 5.69 Å². The SMILES string of the molecule is O=C(Cc1ccc(-n2cccn2)cc1)NCCCOC1CCCCC1. The molecule has 1 aliphatic rings. The molecule has 1 amide bonds. The lowest BCUT2D eigenvalue weighted by Crippen LogP contribution is -2.27. The van der Waals surface area contributed by atoms with Crippen LogP contribution in [0.3, 0.4) is 0 Å². The largest absolute Gasteiger partial charge is 0.378 e. The average Bonchev–Trinajstić information content (AvgIpc) is 3.18. The second kappa shape index (κ2) is 9.37. The van der Waals surface area contributed by atoms with E-state index in [9.17, 15) is 4.79 Å². The number of hydrogen-bond acceptors (Lipinski definition) is 3. The van der Waals surface area contributed by atoms with E-state index in [4.69, 9.17) is 4.74 Å². The van der Waals surface area contributed by atoms with Gasteiger partial charge in [-0.1, -0.05) is 31.4 Å². The first-order valence-corrected chi connectivity index (χ1v) is 9.28. The predicted molar refractivity (Wildman–Crippen MR) is 97.7 cm³/mol. The highest BCUT2D eigenvalue weighted by Gasteiger charge is 2.13. The molecule has 1 aromatic heterocycles. The zero-order chi connectivity index (χ0) is 17.3. The third kappa shape index (κ3) is 5.71. The summed E-state index contributed by atoms with van der Waals surface area (Å²) in [6.07, 6.45) is 11.7. The van der Waals surface area contributed by atoms with Gasteiger partial charge >= 0.3 is 0 Å². The maximum absolute atomic E-state index is 12.0. The van der Waals surface area contributed by atoms with Crippen molar-refractivity contribution in [1.29, 1.82) is 0 Å². The Morgan fingerprint density at radius 2 is 2.00 bits per heavy atom. The van der Waals surface area contributed by atoms with Gasteiger partial charge in [-0.3, -0.25) is 4.79 Å². The van der Waals surface area contributed by atoms with Crippen molar-refractivity contribution in [2.75, 3.05) is 13.2 Å². The van der Waals surface area contributed by atoms with Crippen molar-refractivity contribution in [2.45, 2.75) is 51.0 Å². The number of nitrogens with one attached hydrogen (secondary N) is 1. The van der Waals surface area contributed by atoms with Crippen LogP contribution in [0.2, 0.25) is 0 Å². The minimum atomic E-state index is 0.0597. The third-order valence-electron chi connectivity index (χ3n) is 4.62. The van der Waals surface area contributed by atoms with E-state index in [0.717, 1.165) is 24.3 Å². The van der Waals surface area contributed by atoms with E-state index in [1.807, 2.05) is 36.5 Å². The van der Waals surface area contributed by atoms with E-state index < -0.39 is 0 Å². The molecule has 2 aromatic rings. The lowest BCUT2D eigenvalue weighted by Gasteiger charge is -2.21. The molecular weight excluding hydrogens is 314 g/mol. The molecule has 1 heterocycles. The van der Waals surface area contributed by atoms with Gasteiger partial charge in [0.05, 0.1) is 18.2 Å². The van der Waals surface area contributed by atoms with Crippen LogP contribution in [0, 0.1) is 0 Å². The molecular formula is C20H27N3O2. The molecule has 5 heteroatoms. The second-order valence-corrected chi connectivity index (χ2v) is 6.63. The Balaban J connectivity index is 1.32. The first-order valence-electron chi connectivity index (χ1n) is 9.28. The van der Waals surface area contributed by atoms with Crippen LogP contribution in [-0.4, -0.2) is 34.9 Å². The summed E-state index contributed by atoms with van der Waals surface area (Å²) in [5.41, 5.74) is 2.00. The second-order valence-electron chi connectivity index (χ2n) is 6.63. The Morgan fingerprint density at radius 1 is 1.20 bits per heavy atom. The summed E-state index contributed by atoms with van der Waals surface area (Å²) in [4.78, 5) is 12.0. The summed E-state index contributed by atoms with van der Waals surface area (Å²) in [5.74, 6) is 0.0597. The standard InChI is InChI=1S/C20H27N3O2/c24-20(21-12-5-15-25-19-6-2-1-3-7-19)16-17-8-10-18(11-9-17)23-14-4-13-22-23/h4,8-11,13-14,19H,1-3,5-7,12,15-16H2,(H,21,24). The van der Waals surface area contributed by atoms with E-state index in [1.54, 1.807) is 10.9 Å². The van der Waals surface area contributed by atoms with Crippen molar-refractivity contribution in [1.82, 2.24) is 15.1 Å². The zero-order valence-electron chi connectivity index (χ0n) is 14.7. The van der Waals surface area contributed by atoms with Crippen LogP contribution in [0.4, 0.5) is 0 Å². The summed E-state index contributed by atoms with van der Waals surface area (Å²) >= 11 is 0. The number of aromatic nitrogens is 2. The van der Waals surface area contributed by atoms with Gasteiger partial charge in [0.1, 0.15) is 0 Å². The highest BCUT2D eigenvalue weighted by molar-refractivity contribution is 5.78. The molecule has 1 N–H and O–H groups in total. The van der Waals surface area contributed by atoms with Gasteiger partial charge in [0, 0.05) is 25.5 Å². The number of carbonyl (C=O) groups is 1. The fourth-order valence-electron chi connectivity index (χ4n) is 3.22. The zero-order valence-corrected chi connectivity index (χ0v) is 14.7. The van der Waals surface area contributed by atoms with Crippen molar-refractivity contribution in [3.05, 3.63) is 48.3 Å². The lowest BCUT2D eigenvalue weighted by atomic mass is 9.98. The molecule has 0 atom stereocenters. The maximum atomic E-state index is 12.0. The van der Waals surface area contributed by atoms with E-state index >= 15 is 0 Å². The van der Waals surface area contributed by atoms with Gasteiger partial charge in [0.25, 0.3) is 0 Å². The van der Waals surface area contributed by atoms with Gasteiger partial charge in [-0.15, -0.1) is 0 Å². The average molecular weight is 341 g/mol. The van der Waals surface area contributed by atoms with E-state index in [1.165, 1.54) is 32.1 Å². The third-order valence-corrected chi connectivity index (χ3v) is 4.62. The van der Waals surface area contributed by atoms with Crippen LogP contribution >= 0.6 is 0 Å². The Morgan fingerprint density at radius 3 is 2.72 bits per heavy atom. The van der Waals surface area contributed by atoms with Gasteiger partial charge < -0.3 is 10.1 Å². The van der Waals surface area contributed by atoms with Crippen LogP contribution < -0.4 is 5.32 Å². The first-order chi connectivity index (χ1) is 12.3. The van der Waals surface area contributed by atoms with Crippen LogP contribution in [0.5, 0.6) is 0 Å². The topological polar surface area (TPSA) is 56.2 Å². The molecule has 1 aromatic carbocycles. The molecule has 1 aliphatic carbocycles. The van der Waals surface area contributed by atoms with E-state index in [2.05, 4.69) is 10.4 Å². The van der Waals surface area contributed by atoms with Crippen LogP contribution in [0.15, 0.2) is 42.7 Å². The minimum absolute atomic E-state index is 0.0597. The number of benzene rings is 1. The molecule has 1 fully saturated rings. The molecule has 0 spiro atoms. The summed E-state index contributed by atoms with van der Waals surface area (Å²) in [6, 6.07) is 9.80. The van der Waals surface area contributed by atoms with Crippen molar-refractivity contribution < 1.29 is 9.53 Å².